The average Bonchev–Trinajstić information content (AvgIpc) is 2.44. The summed E-state index contributed by atoms with van der Waals surface area (Å²) in [5.41, 5.74) is 0. The van der Waals surface area contributed by atoms with Gasteiger partial charge in [0.05, 0.1) is 0 Å². The Hall–Kier alpha value is -0.591. The molecule has 1 nitrogen and oxygen atoms in total. The number of Topliss-reactive ketones (excluding diaryl/α,β-unsaturated/α-hetero) is 1. The first-order valence-corrected chi connectivity index (χ1v) is 7.42. The number of carbonyl (C=O) groups is 1. The van der Waals surface area contributed by atoms with Gasteiger partial charge >= 0.3 is 97.2 Å². The third-order valence-corrected chi connectivity index (χ3v) is 5.42. The van der Waals surface area contributed by atoms with Crippen molar-refractivity contribution in [3.63, 3.8) is 0 Å². The van der Waals surface area contributed by atoms with Gasteiger partial charge in [-0.05, 0) is 0 Å². The molecular formula is C13H16OSe. The van der Waals surface area contributed by atoms with Gasteiger partial charge in [0.25, 0.3) is 0 Å². The first-order valence-electron chi connectivity index (χ1n) is 5.58. The summed E-state index contributed by atoms with van der Waals surface area (Å²) in [5.74, 6) is 0.482. The number of carbonyl (C=O) groups excluding carboxylic acids is 1. The topological polar surface area (TPSA) is 17.1 Å². The van der Waals surface area contributed by atoms with Crippen LogP contribution >= 0.6 is 0 Å². The second-order valence-electron chi connectivity index (χ2n) is 4.04. The summed E-state index contributed by atoms with van der Waals surface area (Å²) < 4.78 is 1.43. The van der Waals surface area contributed by atoms with Gasteiger partial charge in [-0.3, -0.25) is 0 Å². The zero-order valence-electron chi connectivity index (χ0n) is 8.82. The molecule has 0 aromatic heterocycles. The van der Waals surface area contributed by atoms with E-state index in [1.165, 1.54) is 17.3 Å². The van der Waals surface area contributed by atoms with Crippen molar-refractivity contribution in [2.75, 3.05) is 0 Å². The minimum atomic E-state index is 0.482. The summed E-state index contributed by atoms with van der Waals surface area (Å²) in [6.45, 7) is 0. The standard InChI is InChI=1S/C13H16OSe/c14-11-6-4-5-9-13(10-11)15-12-7-2-1-3-8-12/h1-3,7-8,13H,4-6,9-10H2. The normalized spacial score (nSPS) is 22.4. The summed E-state index contributed by atoms with van der Waals surface area (Å²) in [6, 6.07) is 10.6. The van der Waals surface area contributed by atoms with Gasteiger partial charge in [0.1, 0.15) is 0 Å². The fraction of sp³-hybridized carbons (Fsp3) is 0.462. The van der Waals surface area contributed by atoms with E-state index in [2.05, 4.69) is 30.3 Å². The van der Waals surface area contributed by atoms with Gasteiger partial charge in [-0.1, -0.05) is 0 Å². The van der Waals surface area contributed by atoms with Gasteiger partial charge in [0.15, 0.2) is 0 Å². The molecule has 0 radical (unpaired) electrons. The number of hydrogen-bond acceptors (Lipinski definition) is 1. The first-order chi connectivity index (χ1) is 7.34. The zero-order valence-corrected chi connectivity index (χ0v) is 10.5. The third kappa shape index (κ3) is 3.48. The molecule has 15 heavy (non-hydrogen) atoms. The molecule has 1 fully saturated rings. The number of benzene rings is 1. The molecule has 0 heterocycles. The Morgan fingerprint density at radius 1 is 1.13 bits per heavy atom. The van der Waals surface area contributed by atoms with Crippen LogP contribution in [-0.4, -0.2) is 20.7 Å². The van der Waals surface area contributed by atoms with Crippen molar-refractivity contribution in [1.82, 2.24) is 0 Å². The fourth-order valence-electron chi connectivity index (χ4n) is 1.94. The van der Waals surface area contributed by atoms with Crippen LogP contribution in [0.1, 0.15) is 32.1 Å². The van der Waals surface area contributed by atoms with E-state index < -0.39 is 0 Å². The maximum absolute atomic E-state index is 11.5. The summed E-state index contributed by atoms with van der Waals surface area (Å²) in [7, 11) is 0. The van der Waals surface area contributed by atoms with E-state index in [1.54, 1.807) is 0 Å². The molecule has 0 spiro atoms. The van der Waals surface area contributed by atoms with Crippen LogP contribution < -0.4 is 4.46 Å². The van der Waals surface area contributed by atoms with Gasteiger partial charge in [-0.25, -0.2) is 0 Å². The Morgan fingerprint density at radius 2 is 1.93 bits per heavy atom. The molecule has 1 saturated carbocycles. The molecular weight excluding hydrogens is 251 g/mol. The summed E-state index contributed by atoms with van der Waals surface area (Å²) >= 11 is 0.487. The summed E-state index contributed by atoms with van der Waals surface area (Å²) in [4.78, 5) is 12.1. The van der Waals surface area contributed by atoms with E-state index >= 15 is 0 Å². The third-order valence-electron chi connectivity index (χ3n) is 2.73. The maximum atomic E-state index is 11.5. The Kier molecular flexibility index (Phi) is 3.99. The first kappa shape index (κ1) is 10.9. The fourth-order valence-corrected chi connectivity index (χ4v) is 4.57. The van der Waals surface area contributed by atoms with Crippen LogP contribution in [0.3, 0.4) is 0 Å². The van der Waals surface area contributed by atoms with Crippen LogP contribution in [-0.2, 0) is 4.79 Å². The van der Waals surface area contributed by atoms with Crippen LogP contribution in [0.4, 0.5) is 0 Å². The molecule has 1 aliphatic rings. The van der Waals surface area contributed by atoms with Crippen molar-refractivity contribution >= 4 is 25.2 Å². The predicted octanol–water partition coefficient (Wildman–Crippen LogP) is 2.34. The van der Waals surface area contributed by atoms with E-state index in [0.29, 0.717) is 25.6 Å². The molecule has 0 aliphatic heterocycles. The van der Waals surface area contributed by atoms with Crippen LogP contribution in [0.15, 0.2) is 30.3 Å². The van der Waals surface area contributed by atoms with Crippen molar-refractivity contribution in [1.29, 1.82) is 0 Å². The molecule has 2 rings (SSSR count). The van der Waals surface area contributed by atoms with Crippen molar-refractivity contribution in [3.8, 4) is 0 Å². The van der Waals surface area contributed by atoms with Crippen LogP contribution in [0.5, 0.6) is 0 Å². The van der Waals surface area contributed by atoms with Crippen molar-refractivity contribution in [2.24, 2.45) is 0 Å². The molecule has 1 unspecified atom stereocenters. The Balaban J connectivity index is 1.96. The van der Waals surface area contributed by atoms with E-state index in [9.17, 15) is 4.79 Å². The molecule has 0 bridgehead atoms. The van der Waals surface area contributed by atoms with Gasteiger partial charge < -0.3 is 0 Å². The van der Waals surface area contributed by atoms with Crippen LogP contribution in [0.2, 0.25) is 4.82 Å². The van der Waals surface area contributed by atoms with Crippen LogP contribution in [0.25, 0.3) is 0 Å². The second-order valence-corrected chi connectivity index (χ2v) is 6.92. The number of rotatable bonds is 2. The number of hydrogen-bond donors (Lipinski definition) is 0. The zero-order chi connectivity index (χ0) is 10.5. The van der Waals surface area contributed by atoms with E-state index in [0.717, 1.165) is 19.3 Å². The number of ketones is 1. The summed E-state index contributed by atoms with van der Waals surface area (Å²) in [5, 5.41) is 0. The summed E-state index contributed by atoms with van der Waals surface area (Å²) in [6.07, 6.45) is 5.25. The van der Waals surface area contributed by atoms with Gasteiger partial charge in [0.2, 0.25) is 0 Å². The van der Waals surface area contributed by atoms with E-state index in [4.69, 9.17) is 0 Å². The molecule has 1 atom stereocenters. The van der Waals surface area contributed by atoms with Gasteiger partial charge in [-0.15, -0.1) is 0 Å². The van der Waals surface area contributed by atoms with Gasteiger partial charge in [-0.2, -0.15) is 0 Å². The van der Waals surface area contributed by atoms with Crippen molar-refractivity contribution < 1.29 is 4.79 Å². The molecule has 0 saturated heterocycles. The molecule has 0 N–H and O–H groups in total. The predicted molar refractivity (Wildman–Crippen MR) is 63.7 cm³/mol. The van der Waals surface area contributed by atoms with Crippen molar-refractivity contribution in [2.45, 2.75) is 36.9 Å². The SMILES string of the molecule is O=C1CCCCC([Se]c2ccccc2)C1. The average molecular weight is 267 g/mol. The minimum absolute atomic E-state index is 0.482. The van der Waals surface area contributed by atoms with Crippen LogP contribution in [0, 0.1) is 0 Å². The molecule has 1 aromatic carbocycles. The molecule has 1 aliphatic carbocycles. The monoisotopic (exact) mass is 268 g/mol. The second kappa shape index (κ2) is 5.48. The van der Waals surface area contributed by atoms with E-state index in [1.807, 2.05) is 0 Å². The Labute approximate surface area is 97.4 Å². The molecule has 80 valence electrons. The Bertz CT molecular complexity index is 321. The van der Waals surface area contributed by atoms with E-state index in [-0.39, 0.29) is 0 Å². The Morgan fingerprint density at radius 3 is 2.73 bits per heavy atom. The van der Waals surface area contributed by atoms with Gasteiger partial charge in [0, 0.05) is 0 Å². The quantitative estimate of drug-likeness (QED) is 0.594. The molecule has 1 aromatic rings. The van der Waals surface area contributed by atoms with Crippen molar-refractivity contribution in [3.05, 3.63) is 30.3 Å². The molecule has 2 heteroatoms. The molecule has 0 amide bonds.